The minimum Gasteiger partial charge on any atom is -0.352 e. The van der Waals surface area contributed by atoms with Crippen LogP contribution < -0.4 is 4.90 Å². The molecule has 0 unspecified atom stereocenters. The molecule has 4 atom stereocenters. The monoisotopic (exact) mass is 406 g/mol. The number of para-hydroxylation sites is 1. The number of anilines is 1. The number of fused-ring (bicyclic) bond motifs is 5. The minimum absolute atomic E-state index is 0.0684. The van der Waals surface area contributed by atoms with Gasteiger partial charge >= 0.3 is 0 Å². The predicted molar refractivity (Wildman–Crippen MR) is 113 cm³/mol. The van der Waals surface area contributed by atoms with Crippen LogP contribution in [0.2, 0.25) is 0 Å². The average molecular weight is 407 g/mol. The normalized spacial score (nSPS) is 27.2. The number of Topliss-reactive ketones (excluding diaryl/α,β-unsaturated/α-hetero) is 1. The Hall–Kier alpha value is -2.73. The predicted octanol–water partition coefficient (Wildman–Crippen LogP) is 3.62. The number of ketones is 1. The summed E-state index contributed by atoms with van der Waals surface area (Å²) in [6.07, 6.45) is 5.70. The van der Waals surface area contributed by atoms with E-state index in [0.717, 1.165) is 24.1 Å². The lowest BCUT2D eigenvalue weighted by Gasteiger charge is -2.36. The molecular weight excluding hydrogens is 384 g/mol. The highest BCUT2D eigenvalue weighted by Gasteiger charge is 2.63. The van der Waals surface area contributed by atoms with Gasteiger partial charge in [0.2, 0.25) is 11.8 Å². The zero-order valence-corrected chi connectivity index (χ0v) is 17.0. The van der Waals surface area contributed by atoms with Crippen molar-refractivity contribution in [2.45, 2.75) is 31.8 Å². The number of thiophene rings is 1. The third-order valence-corrected chi connectivity index (χ3v) is 7.16. The van der Waals surface area contributed by atoms with Gasteiger partial charge in [-0.25, -0.2) is 0 Å². The van der Waals surface area contributed by atoms with Gasteiger partial charge in [-0.1, -0.05) is 49.8 Å². The first-order valence-electron chi connectivity index (χ1n) is 10.1. The topological polar surface area (TPSA) is 57.7 Å². The maximum absolute atomic E-state index is 13.6. The van der Waals surface area contributed by atoms with E-state index < -0.39 is 17.9 Å². The number of rotatable bonds is 5. The van der Waals surface area contributed by atoms with Crippen molar-refractivity contribution in [2.24, 2.45) is 11.8 Å². The Kier molecular flexibility index (Phi) is 4.39. The number of nitrogens with zero attached hydrogens (tertiary/aromatic N) is 2. The number of carbonyl (C=O) groups excluding carboxylic acids is 3. The number of imide groups is 1. The molecule has 2 aromatic rings. The van der Waals surface area contributed by atoms with Crippen LogP contribution in [0.1, 0.15) is 35.0 Å². The van der Waals surface area contributed by atoms with E-state index in [9.17, 15) is 14.4 Å². The van der Waals surface area contributed by atoms with Gasteiger partial charge in [0.1, 0.15) is 6.04 Å². The van der Waals surface area contributed by atoms with Crippen LogP contribution in [0.5, 0.6) is 0 Å². The highest BCUT2D eigenvalue weighted by atomic mass is 32.1. The minimum atomic E-state index is -0.655. The van der Waals surface area contributed by atoms with Crippen LogP contribution in [0.4, 0.5) is 5.69 Å². The molecule has 1 aromatic heterocycles. The first-order valence-corrected chi connectivity index (χ1v) is 11.0. The Morgan fingerprint density at radius 3 is 2.62 bits per heavy atom. The first kappa shape index (κ1) is 18.3. The largest absolute Gasteiger partial charge is 0.352 e. The lowest BCUT2D eigenvalue weighted by atomic mass is 9.87. The van der Waals surface area contributed by atoms with Gasteiger partial charge < -0.3 is 4.90 Å². The molecule has 148 valence electrons. The molecule has 5 rings (SSSR count). The van der Waals surface area contributed by atoms with Crippen molar-refractivity contribution in [3.8, 4) is 0 Å². The van der Waals surface area contributed by atoms with Crippen LogP contribution in [0.15, 0.2) is 47.9 Å². The van der Waals surface area contributed by atoms with Crippen LogP contribution >= 0.6 is 11.3 Å². The van der Waals surface area contributed by atoms with Crippen molar-refractivity contribution >= 4 is 40.7 Å². The number of unbranched alkanes of at least 4 members (excludes halogenated alkanes) is 1. The fourth-order valence-corrected chi connectivity index (χ4v) is 5.67. The molecule has 6 heteroatoms. The Morgan fingerprint density at radius 2 is 1.86 bits per heavy atom. The van der Waals surface area contributed by atoms with Crippen LogP contribution in [0, 0.1) is 11.8 Å². The zero-order valence-electron chi connectivity index (χ0n) is 16.2. The molecule has 0 radical (unpaired) electrons. The van der Waals surface area contributed by atoms with Gasteiger partial charge in [-0.05, 0) is 29.5 Å². The number of amides is 2. The summed E-state index contributed by atoms with van der Waals surface area (Å²) in [5.74, 6) is -1.52. The summed E-state index contributed by atoms with van der Waals surface area (Å²) in [4.78, 5) is 44.2. The molecular formula is C23H22N2O3S. The second-order valence-corrected chi connectivity index (χ2v) is 8.78. The third kappa shape index (κ3) is 2.62. The van der Waals surface area contributed by atoms with Crippen molar-refractivity contribution in [3.63, 3.8) is 0 Å². The summed E-state index contributed by atoms with van der Waals surface area (Å²) in [6.45, 7) is 2.48. The highest BCUT2D eigenvalue weighted by Crippen LogP contribution is 2.49. The van der Waals surface area contributed by atoms with E-state index in [2.05, 4.69) is 0 Å². The maximum atomic E-state index is 13.6. The van der Waals surface area contributed by atoms with E-state index in [1.54, 1.807) is 6.07 Å². The molecule has 3 aliphatic heterocycles. The van der Waals surface area contributed by atoms with Crippen molar-refractivity contribution in [3.05, 3.63) is 58.3 Å². The Morgan fingerprint density at radius 1 is 1.07 bits per heavy atom. The van der Waals surface area contributed by atoms with Crippen LogP contribution in [-0.2, 0) is 9.59 Å². The molecule has 2 amide bonds. The number of likely N-dealkylation sites (tertiary alicyclic amines) is 1. The molecule has 0 aliphatic carbocycles. The molecule has 0 spiro atoms. The van der Waals surface area contributed by atoms with E-state index in [-0.39, 0.29) is 23.6 Å². The average Bonchev–Trinajstić information content (AvgIpc) is 3.44. The van der Waals surface area contributed by atoms with Crippen molar-refractivity contribution in [1.82, 2.24) is 4.90 Å². The number of carbonyl (C=O) groups is 3. The number of benzene rings is 1. The molecule has 0 N–H and O–H groups in total. The lowest BCUT2D eigenvalue weighted by molar-refractivity contribution is -0.140. The van der Waals surface area contributed by atoms with E-state index in [1.165, 1.54) is 16.2 Å². The van der Waals surface area contributed by atoms with Gasteiger partial charge in [0.05, 0.1) is 22.8 Å². The Bertz CT molecular complexity index is 1010. The fourth-order valence-electron chi connectivity index (χ4n) is 4.98. The summed E-state index contributed by atoms with van der Waals surface area (Å²) >= 11 is 1.39. The van der Waals surface area contributed by atoms with Crippen LogP contribution in [0.25, 0.3) is 6.08 Å². The molecule has 0 bridgehead atoms. The van der Waals surface area contributed by atoms with Crippen LogP contribution in [0.3, 0.4) is 0 Å². The summed E-state index contributed by atoms with van der Waals surface area (Å²) in [7, 11) is 0. The Labute approximate surface area is 173 Å². The second kappa shape index (κ2) is 6.95. The summed E-state index contributed by atoms with van der Waals surface area (Å²) < 4.78 is 0. The van der Waals surface area contributed by atoms with Gasteiger partial charge in [0, 0.05) is 12.2 Å². The van der Waals surface area contributed by atoms with Gasteiger partial charge in [0.15, 0.2) is 5.78 Å². The van der Waals surface area contributed by atoms with Gasteiger partial charge in [0.25, 0.3) is 0 Å². The van der Waals surface area contributed by atoms with Crippen molar-refractivity contribution in [2.75, 3.05) is 11.4 Å². The highest BCUT2D eigenvalue weighted by molar-refractivity contribution is 7.12. The molecule has 0 saturated carbocycles. The lowest BCUT2D eigenvalue weighted by Crippen LogP contribution is -2.48. The van der Waals surface area contributed by atoms with Gasteiger partial charge in [-0.15, -0.1) is 11.3 Å². The summed E-state index contributed by atoms with van der Waals surface area (Å²) in [6, 6.07) is 10.6. The molecule has 2 saturated heterocycles. The fraction of sp³-hybridized carbons (Fsp3) is 0.348. The van der Waals surface area contributed by atoms with E-state index >= 15 is 0 Å². The molecule has 5 nitrogen and oxygen atoms in total. The van der Waals surface area contributed by atoms with Gasteiger partial charge in [-0.2, -0.15) is 0 Å². The van der Waals surface area contributed by atoms with Gasteiger partial charge in [-0.3, -0.25) is 19.3 Å². The Balaban J connectivity index is 1.62. The molecule has 3 aliphatic rings. The van der Waals surface area contributed by atoms with E-state index in [0.29, 0.717) is 11.4 Å². The summed E-state index contributed by atoms with van der Waals surface area (Å²) in [5.41, 5.74) is 1.93. The summed E-state index contributed by atoms with van der Waals surface area (Å²) in [5, 5.41) is 1.87. The molecule has 2 fully saturated rings. The van der Waals surface area contributed by atoms with E-state index in [1.807, 2.05) is 59.7 Å². The SMILES string of the molecule is CCCCN1C(=O)[C@@H]2[C@@H](C1=O)[C@H](C(=O)c1cccs1)N1c3ccccc3C=C[C@H]21. The standard InChI is InChI=1S/C23H22N2O3S/c1-2-3-12-24-22(27)18-16-11-10-14-7-4-5-8-15(14)25(16)20(19(18)23(24)28)21(26)17-9-6-13-29-17/h4-11,13,16,18-20H,2-3,12H2,1H3/t16-,18+,19-,20-/m1/s1. The molecule has 4 heterocycles. The zero-order chi connectivity index (χ0) is 20.1. The second-order valence-electron chi connectivity index (χ2n) is 7.84. The quantitative estimate of drug-likeness (QED) is 0.562. The first-order chi connectivity index (χ1) is 14.1. The van der Waals surface area contributed by atoms with Crippen LogP contribution in [-0.4, -0.2) is 41.1 Å². The molecule has 29 heavy (non-hydrogen) atoms. The van der Waals surface area contributed by atoms with E-state index in [4.69, 9.17) is 0 Å². The third-order valence-electron chi connectivity index (χ3n) is 6.27. The number of hydrogen-bond donors (Lipinski definition) is 0. The molecule has 1 aromatic carbocycles. The maximum Gasteiger partial charge on any atom is 0.235 e. The number of hydrogen-bond acceptors (Lipinski definition) is 5. The van der Waals surface area contributed by atoms with Crippen molar-refractivity contribution < 1.29 is 14.4 Å². The van der Waals surface area contributed by atoms with Crippen molar-refractivity contribution in [1.29, 1.82) is 0 Å². The smallest absolute Gasteiger partial charge is 0.235 e.